The van der Waals surface area contributed by atoms with Crippen LogP contribution in [0.15, 0.2) is 0 Å². The van der Waals surface area contributed by atoms with Gasteiger partial charge in [0.2, 0.25) is 0 Å². The Labute approximate surface area is 199 Å². The van der Waals surface area contributed by atoms with E-state index in [-0.39, 0.29) is 83.1 Å². The van der Waals surface area contributed by atoms with Gasteiger partial charge in [-0.2, -0.15) is 0 Å². The molecule has 4 atom stereocenters. The van der Waals surface area contributed by atoms with Crippen LogP contribution < -0.4 is 74.6 Å². The summed E-state index contributed by atoms with van der Waals surface area (Å²) in [6.07, 6.45) is -5.65. The Bertz CT molecular complexity index is 698. The van der Waals surface area contributed by atoms with E-state index in [0.717, 1.165) is 4.57 Å². The standard InChI is InChI=1S/C12H20N3O9P.2Na/c1-3-22-12(18)7-10(13)15(5(2)14-7)11-9(17)8(16)6(24-11)4-23-25(19,20)21;;/h6,8-9,11,16-17H,3-4,13H2,1-2H3,(H2,19,20,21);;/q;2*+1/p-2/t6-,8-,9-,11-;;/m1../s1. The van der Waals surface area contributed by atoms with Crippen LogP contribution in [0.25, 0.3) is 0 Å². The number of imidazole rings is 1. The first-order valence-electron chi connectivity index (χ1n) is 7.26. The predicted octanol–water partition coefficient (Wildman–Crippen LogP) is -8.58. The summed E-state index contributed by atoms with van der Waals surface area (Å²) in [4.78, 5) is 36.9. The van der Waals surface area contributed by atoms with E-state index in [9.17, 15) is 29.4 Å². The molecule has 0 aromatic carbocycles. The summed E-state index contributed by atoms with van der Waals surface area (Å²) in [5.41, 5.74) is 5.68. The van der Waals surface area contributed by atoms with Gasteiger partial charge in [0.25, 0.3) is 0 Å². The maximum Gasteiger partial charge on any atom is 1.00 e. The van der Waals surface area contributed by atoms with Crippen molar-refractivity contribution in [2.24, 2.45) is 0 Å². The second-order valence-electron chi connectivity index (χ2n) is 5.27. The van der Waals surface area contributed by atoms with E-state index in [0.29, 0.717) is 0 Å². The minimum absolute atomic E-state index is 0. The topological polar surface area (TPSA) is 192 Å². The molecule has 0 saturated carbocycles. The largest absolute Gasteiger partial charge is 1.00 e. The molecule has 1 saturated heterocycles. The second kappa shape index (κ2) is 11.0. The first-order valence-corrected chi connectivity index (χ1v) is 8.72. The molecule has 2 heterocycles. The number of carbonyl (C=O) groups is 1. The molecule has 12 nitrogen and oxygen atoms in total. The number of hydrogen-bond donors (Lipinski definition) is 3. The summed E-state index contributed by atoms with van der Waals surface area (Å²) in [5, 5.41) is 20.1. The van der Waals surface area contributed by atoms with Crippen LogP contribution in [-0.4, -0.2) is 57.3 Å². The summed E-state index contributed by atoms with van der Waals surface area (Å²) in [6.45, 7) is 2.41. The fourth-order valence-electron chi connectivity index (χ4n) is 2.48. The molecule has 15 heteroatoms. The summed E-state index contributed by atoms with van der Waals surface area (Å²) >= 11 is 0. The monoisotopic (exact) mass is 425 g/mol. The van der Waals surface area contributed by atoms with E-state index in [2.05, 4.69) is 9.51 Å². The third-order valence-electron chi connectivity index (χ3n) is 3.58. The van der Waals surface area contributed by atoms with Gasteiger partial charge in [-0.1, -0.05) is 0 Å². The van der Waals surface area contributed by atoms with Gasteiger partial charge in [0.05, 0.1) is 21.0 Å². The molecule has 0 radical (unpaired) electrons. The zero-order valence-electron chi connectivity index (χ0n) is 15.4. The van der Waals surface area contributed by atoms with Gasteiger partial charge in [0.1, 0.15) is 30.0 Å². The molecule has 0 unspecified atom stereocenters. The van der Waals surface area contributed by atoms with Crippen LogP contribution >= 0.6 is 7.82 Å². The molecule has 1 aromatic heterocycles. The van der Waals surface area contributed by atoms with Crippen molar-refractivity contribution in [3.05, 3.63) is 11.5 Å². The normalized spacial score (nSPS) is 24.8. The van der Waals surface area contributed by atoms with Gasteiger partial charge in [-0.25, -0.2) is 9.78 Å². The number of esters is 1. The van der Waals surface area contributed by atoms with E-state index in [1.54, 1.807) is 6.92 Å². The fourth-order valence-corrected chi connectivity index (χ4v) is 2.81. The van der Waals surface area contributed by atoms with E-state index in [1.807, 2.05) is 0 Å². The average Bonchev–Trinajstić information content (AvgIpc) is 2.95. The maximum absolute atomic E-state index is 11.8. The minimum Gasteiger partial charge on any atom is -0.790 e. The van der Waals surface area contributed by atoms with Crippen molar-refractivity contribution in [1.29, 1.82) is 0 Å². The minimum atomic E-state index is -5.27. The van der Waals surface area contributed by atoms with Gasteiger partial charge < -0.3 is 44.3 Å². The number of carbonyl (C=O) groups excluding carboxylic acids is 1. The Morgan fingerprint density at radius 3 is 2.48 bits per heavy atom. The number of rotatable bonds is 6. The van der Waals surface area contributed by atoms with Crippen LogP contribution in [0.3, 0.4) is 0 Å². The van der Waals surface area contributed by atoms with Crippen molar-refractivity contribution in [2.75, 3.05) is 18.9 Å². The number of phosphoric ester groups is 1. The molecule has 1 aliphatic rings. The van der Waals surface area contributed by atoms with Crippen molar-refractivity contribution in [3.63, 3.8) is 0 Å². The van der Waals surface area contributed by atoms with Crippen LogP contribution in [0.2, 0.25) is 0 Å². The predicted molar refractivity (Wildman–Crippen MR) is 76.8 cm³/mol. The van der Waals surface area contributed by atoms with Crippen molar-refractivity contribution in [1.82, 2.24) is 9.55 Å². The summed E-state index contributed by atoms with van der Waals surface area (Å²) in [5.74, 6) is -0.739. The molecule has 27 heavy (non-hydrogen) atoms. The van der Waals surface area contributed by atoms with Gasteiger partial charge in [0.15, 0.2) is 11.9 Å². The van der Waals surface area contributed by atoms with Crippen molar-refractivity contribution in [3.8, 4) is 0 Å². The third-order valence-corrected chi connectivity index (χ3v) is 4.05. The fraction of sp³-hybridized carbons (Fsp3) is 0.667. The molecule has 142 valence electrons. The number of aliphatic hydroxyl groups is 2. The molecule has 4 N–H and O–H groups in total. The quantitative estimate of drug-likeness (QED) is 0.223. The van der Waals surface area contributed by atoms with Gasteiger partial charge >= 0.3 is 65.1 Å². The van der Waals surface area contributed by atoms with Gasteiger partial charge in [0, 0.05) is 0 Å². The summed E-state index contributed by atoms with van der Waals surface area (Å²) in [6, 6.07) is 0. The summed E-state index contributed by atoms with van der Waals surface area (Å²) in [7, 11) is -5.27. The molecular weight excluding hydrogens is 407 g/mol. The molecule has 0 spiro atoms. The zero-order valence-corrected chi connectivity index (χ0v) is 20.3. The Hall–Kier alpha value is 0.470. The number of nitrogen functional groups attached to an aromatic ring is 1. The SMILES string of the molecule is CCOC(=O)c1nc(C)n([C@@H]2O[C@H](COP(=O)([O-])[O-])[C@@H](O)[C@H]2O)c1N.[Na+].[Na+]. The molecule has 0 bridgehead atoms. The number of ether oxygens (including phenoxy) is 2. The number of nitrogens with zero attached hydrogens (tertiary/aromatic N) is 2. The molecule has 2 rings (SSSR count). The van der Waals surface area contributed by atoms with Gasteiger partial charge in [-0.05, 0) is 13.8 Å². The van der Waals surface area contributed by atoms with Gasteiger partial charge in [-0.15, -0.1) is 0 Å². The van der Waals surface area contributed by atoms with Gasteiger partial charge in [-0.3, -0.25) is 4.57 Å². The Kier molecular flexibility index (Phi) is 11.2. The molecular formula is C12H18N3Na2O9P. The second-order valence-corrected chi connectivity index (χ2v) is 6.43. The van der Waals surface area contributed by atoms with E-state index < -0.39 is 44.9 Å². The van der Waals surface area contributed by atoms with E-state index in [1.165, 1.54) is 6.92 Å². The van der Waals surface area contributed by atoms with Crippen molar-refractivity contribution >= 4 is 19.6 Å². The number of nitrogens with two attached hydrogens (primary N) is 1. The molecule has 1 aliphatic heterocycles. The van der Waals surface area contributed by atoms with E-state index >= 15 is 0 Å². The molecule has 1 fully saturated rings. The number of hydrogen-bond acceptors (Lipinski definition) is 11. The van der Waals surface area contributed by atoms with Crippen molar-refractivity contribution in [2.45, 2.75) is 38.4 Å². The smallest absolute Gasteiger partial charge is 0.790 e. The maximum atomic E-state index is 11.8. The van der Waals surface area contributed by atoms with Crippen molar-refractivity contribution < 1.29 is 102 Å². The Balaban J connectivity index is 0.00000338. The molecule has 0 aliphatic carbocycles. The first-order chi connectivity index (χ1) is 11.6. The summed E-state index contributed by atoms with van der Waals surface area (Å²) < 4.78 is 25.9. The van der Waals surface area contributed by atoms with Crippen LogP contribution in [0, 0.1) is 6.92 Å². The number of aryl methyl sites for hydroxylation is 1. The Morgan fingerprint density at radius 1 is 1.37 bits per heavy atom. The van der Waals surface area contributed by atoms with Crippen LogP contribution in [0.1, 0.15) is 29.5 Å². The number of anilines is 1. The molecule has 0 amide bonds. The average molecular weight is 425 g/mol. The van der Waals surface area contributed by atoms with E-state index in [4.69, 9.17) is 15.2 Å². The Morgan fingerprint density at radius 2 is 1.96 bits per heavy atom. The number of phosphoric acid groups is 1. The molecule has 1 aromatic rings. The van der Waals surface area contributed by atoms with Crippen LogP contribution in [-0.2, 0) is 18.6 Å². The zero-order chi connectivity index (χ0) is 18.9. The number of aromatic nitrogens is 2. The first kappa shape index (κ1) is 27.5. The van der Waals surface area contributed by atoms with Crippen LogP contribution in [0.4, 0.5) is 5.82 Å². The third kappa shape index (κ3) is 6.48. The number of aliphatic hydroxyl groups excluding tert-OH is 2. The van der Waals surface area contributed by atoms with Crippen LogP contribution in [0.5, 0.6) is 0 Å².